The first-order valence-corrected chi connectivity index (χ1v) is 5.97. The van der Waals surface area contributed by atoms with Crippen LogP contribution in [0, 0.1) is 6.92 Å². The van der Waals surface area contributed by atoms with Crippen LogP contribution in [-0.2, 0) is 0 Å². The Bertz CT molecular complexity index is 265. The van der Waals surface area contributed by atoms with E-state index in [1.165, 1.54) is 25.7 Å². The van der Waals surface area contributed by atoms with Gasteiger partial charge in [0.05, 0.1) is 6.26 Å². The van der Waals surface area contributed by atoms with E-state index in [1.54, 1.807) is 6.26 Å². The topological polar surface area (TPSA) is 33.4 Å². The Morgan fingerprint density at radius 3 is 2.60 bits per heavy atom. The summed E-state index contributed by atoms with van der Waals surface area (Å²) in [6, 6.07) is 1.90. The van der Waals surface area contributed by atoms with Crippen molar-refractivity contribution in [1.82, 2.24) is 0 Å². The monoisotopic (exact) mass is 210 g/mol. The molecular formula is C13H22O2. The summed E-state index contributed by atoms with van der Waals surface area (Å²) in [5.74, 6) is 0.741. The zero-order chi connectivity index (χ0) is 11.1. The lowest BCUT2D eigenvalue weighted by Crippen LogP contribution is -1.97. The van der Waals surface area contributed by atoms with Gasteiger partial charge in [0, 0.05) is 0 Å². The predicted octanol–water partition coefficient (Wildman–Crippen LogP) is 3.98. The van der Waals surface area contributed by atoms with Crippen LogP contribution in [-0.4, -0.2) is 5.11 Å². The van der Waals surface area contributed by atoms with Crippen molar-refractivity contribution in [2.45, 2.75) is 58.5 Å². The maximum absolute atomic E-state index is 9.85. The maximum atomic E-state index is 9.85. The molecule has 0 saturated heterocycles. The van der Waals surface area contributed by atoms with Gasteiger partial charge in [0.15, 0.2) is 0 Å². The van der Waals surface area contributed by atoms with E-state index in [0.717, 1.165) is 24.2 Å². The molecule has 0 saturated carbocycles. The van der Waals surface area contributed by atoms with Crippen molar-refractivity contribution in [3.63, 3.8) is 0 Å². The Morgan fingerprint density at radius 1 is 1.27 bits per heavy atom. The number of aryl methyl sites for hydroxylation is 1. The van der Waals surface area contributed by atoms with Crippen molar-refractivity contribution in [1.29, 1.82) is 0 Å². The molecule has 2 nitrogen and oxygen atoms in total. The van der Waals surface area contributed by atoms with E-state index in [9.17, 15) is 5.11 Å². The third kappa shape index (κ3) is 4.08. The number of hydrogen-bond donors (Lipinski definition) is 1. The minimum absolute atomic E-state index is 0.415. The summed E-state index contributed by atoms with van der Waals surface area (Å²) < 4.78 is 5.25. The summed E-state index contributed by atoms with van der Waals surface area (Å²) in [5.41, 5.74) is 1.05. The molecule has 2 heteroatoms. The molecule has 0 spiro atoms. The van der Waals surface area contributed by atoms with Gasteiger partial charge in [-0.15, -0.1) is 0 Å². The zero-order valence-electron chi connectivity index (χ0n) is 9.83. The van der Waals surface area contributed by atoms with Crippen LogP contribution in [0.5, 0.6) is 0 Å². The third-order valence-electron chi connectivity index (χ3n) is 2.79. The minimum Gasteiger partial charge on any atom is -0.466 e. The number of hydrogen-bond acceptors (Lipinski definition) is 2. The molecule has 86 valence electrons. The average Bonchev–Trinajstić information content (AvgIpc) is 2.64. The van der Waals surface area contributed by atoms with E-state index in [1.807, 2.05) is 13.0 Å². The van der Waals surface area contributed by atoms with Gasteiger partial charge in [-0.05, 0) is 25.0 Å². The van der Waals surface area contributed by atoms with Gasteiger partial charge in [0.1, 0.15) is 11.9 Å². The van der Waals surface area contributed by atoms with Crippen molar-refractivity contribution < 1.29 is 9.52 Å². The molecule has 0 bridgehead atoms. The van der Waals surface area contributed by atoms with Gasteiger partial charge in [0.2, 0.25) is 0 Å². The van der Waals surface area contributed by atoms with Crippen molar-refractivity contribution >= 4 is 0 Å². The molecule has 1 N–H and O–H groups in total. The molecule has 0 aliphatic carbocycles. The largest absolute Gasteiger partial charge is 0.466 e. The molecule has 1 rings (SSSR count). The average molecular weight is 210 g/mol. The Hall–Kier alpha value is -0.760. The number of aliphatic hydroxyl groups excluding tert-OH is 1. The highest BCUT2D eigenvalue weighted by molar-refractivity contribution is 5.16. The van der Waals surface area contributed by atoms with Crippen LogP contribution >= 0.6 is 0 Å². The first-order valence-electron chi connectivity index (χ1n) is 5.97. The van der Waals surface area contributed by atoms with Crippen molar-refractivity contribution in [3.8, 4) is 0 Å². The van der Waals surface area contributed by atoms with Crippen LogP contribution < -0.4 is 0 Å². The third-order valence-corrected chi connectivity index (χ3v) is 2.79. The molecular weight excluding hydrogens is 188 g/mol. The Balaban J connectivity index is 2.19. The van der Waals surface area contributed by atoms with E-state index < -0.39 is 6.10 Å². The van der Waals surface area contributed by atoms with E-state index >= 15 is 0 Å². The molecule has 15 heavy (non-hydrogen) atoms. The number of rotatable bonds is 7. The highest BCUT2D eigenvalue weighted by Gasteiger charge is 2.12. The molecule has 0 aliphatic rings. The van der Waals surface area contributed by atoms with Crippen molar-refractivity contribution in [3.05, 3.63) is 23.7 Å². The fourth-order valence-electron chi connectivity index (χ4n) is 1.80. The molecule has 1 aromatic heterocycles. The van der Waals surface area contributed by atoms with Gasteiger partial charge in [0.25, 0.3) is 0 Å². The van der Waals surface area contributed by atoms with Gasteiger partial charge in [-0.2, -0.15) is 0 Å². The number of unbranched alkanes of at least 4 members (excludes halogenated alkanes) is 4. The Kier molecular flexibility index (Phi) is 5.48. The van der Waals surface area contributed by atoms with E-state index in [-0.39, 0.29) is 0 Å². The maximum Gasteiger partial charge on any atom is 0.135 e. The molecule has 0 aliphatic heterocycles. The normalized spacial score (nSPS) is 13.0. The second-order valence-electron chi connectivity index (χ2n) is 4.19. The van der Waals surface area contributed by atoms with Crippen molar-refractivity contribution in [2.24, 2.45) is 0 Å². The summed E-state index contributed by atoms with van der Waals surface area (Å²) in [5, 5.41) is 9.85. The van der Waals surface area contributed by atoms with Gasteiger partial charge >= 0.3 is 0 Å². The standard InChI is InChI=1S/C13H22O2/c1-3-4-5-6-7-8-12(14)13-11(2)9-10-15-13/h9-10,12,14H,3-8H2,1-2H3. The number of aliphatic hydroxyl groups is 1. The van der Waals surface area contributed by atoms with Gasteiger partial charge in [-0.3, -0.25) is 0 Å². The first-order chi connectivity index (χ1) is 7.25. The molecule has 0 radical (unpaired) electrons. The van der Waals surface area contributed by atoms with Gasteiger partial charge < -0.3 is 9.52 Å². The molecule has 0 amide bonds. The van der Waals surface area contributed by atoms with Crippen LogP contribution in [0.4, 0.5) is 0 Å². The van der Waals surface area contributed by atoms with Crippen LogP contribution in [0.15, 0.2) is 16.7 Å². The van der Waals surface area contributed by atoms with E-state index in [4.69, 9.17) is 4.42 Å². The predicted molar refractivity (Wildman–Crippen MR) is 61.8 cm³/mol. The fraction of sp³-hybridized carbons (Fsp3) is 0.692. The summed E-state index contributed by atoms with van der Waals surface area (Å²) in [6.45, 7) is 4.18. The van der Waals surface area contributed by atoms with Crippen molar-refractivity contribution in [2.75, 3.05) is 0 Å². The smallest absolute Gasteiger partial charge is 0.135 e. The second-order valence-corrected chi connectivity index (χ2v) is 4.19. The molecule has 1 unspecified atom stereocenters. The van der Waals surface area contributed by atoms with E-state index in [0.29, 0.717) is 0 Å². The summed E-state index contributed by atoms with van der Waals surface area (Å²) in [6.07, 6.45) is 8.19. The molecule has 1 atom stereocenters. The highest BCUT2D eigenvalue weighted by atomic mass is 16.4. The van der Waals surface area contributed by atoms with E-state index in [2.05, 4.69) is 6.92 Å². The molecule has 1 heterocycles. The van der Waals surface area contributed by atoms with Gasteiger partial charge in [-0.25, -0.2) is 0 Å². The lowest BCUT2D eigenvalue weighted by Gasteiger charge is -2.08. The lowest BCUT2D eigenvalue weighted by molar-refractivity contribution is 0.136. The SMILES string of the molecule is CCCCCCCC(O)c1occc1C. The zero-order valence-corrected chi connectivity index (χ0v) is 9.83. The minimum atomic E-state index is -0.415. The molecule has 0 aromatic carbocycles. The van der Waals surface area contributed by atoms with Crippen LogP contribution in [0.1, 0.15) is 62.9 Å². The van der Waals surface area contributed by atoms with Crippen LogP contribution in [0.25, 0.3) is 0 Å². The molecule has 1 aromatic rings. The van der Waals surface area contributed by atoms with Crippen LogP contribution in [0.3, 0.4) is 0 Å². The second kappa shape index (κ2) is 6.67. The quantitative estimate of drug-likeness (QED) is 0.690. The summed E-state index contributed by atoms with van der Waals surface area (Å²) in [4.78, 5) is 0. The summed E-state index contributed by atoms with van der Waals surface area (Å²) >= 11 is 0. The van der Waals surface area contributed by atoms with Crippen LogP contribution in [0.2, 0.25) is 0 Å². The lowest BCUT2D eigenvalue weighted by atomic mass is 10.1. The van der Waals surface area contributed by atoms with Gasteiger partial charge in [-0.1, -0.05) is 39.0 Å². The molecule has 0 fully saturated rings. The Morgan fingerprint density at radius 2 is 2.00 bits per heavy atom. The highest BCUT2D eigenvalue weighted by Crippen LogP contribution is 2.23. The summed E-state index contributed by atoms with van der Waals surface area (Å²) in [7, 11) is 0. The fourth-order valence-corrected chi connectivity index (χ4v) is 1.80. The number of furan rings is 1. The first kappa shape index (κ1) is 12.3. The Labute approximate surface area is 92.3 Å².